The maximum atomic E-state index is 12.6. The number of para-hydroxylation sites is 1. The molecule has 2 N–H and O–H groups in total. The second-order valence-corrected chi connectivity index (χ2v) is 6.74. The minimum atomic E-state index is -0.533. The number of rotatable bonds is 2. The van der Waals surface area contributed by atoms with Crippen molar-refractivity contribution in [3.05, 3.63) is 34.3 Å². The van der Waals surface area contributed by atoms with E-state index in [1.165, 1.54) is 19.3 Å². The molecule has 2 unspecified atom stereocenters. The number of oxazole rings is 1. The van der Waals surface area contributed by atoms with Crippen molar-refractivity contribution >= 4 is 17.0 Å². The van der Waals surface area contributed by atoms with E-state index in [0.29, 0.717) is 28.7 Å². The summed E-state index contributed by atoms with van der Waals surface area (Å²) in [5.74, 6) is -0.672. The van der Waals surface area contributed by atoms with Crippen LogP contribution in [0, 0.1) is 0 Å². The summed E-state index contributed by atoms with van der Waals surface area (Å²) in [6.07, 6.45) is 5.71. The summed E-state index contributed by atoms with van der Waals surface area (Å²) < 4.78 is 5.03. The smallest absolute Gasteiger partial charge is 0.408 e. The van der Waals surface area contributed by atoms with Gasteiger partial charge in [-0.2, -0.15) is 0 Å². The number of hydrogen-bond donors (Lipinski definition) is 2. The number of aromatic nitrogens is 1. The number of fused-ring (bicyclic) bond motifs is 3. The van der Waals surface area contributed by atoms with Crippen LogP contribution in [0.25, 0.3) is 11.1 Å². The number of benzene rings is 1. The second kappa shape index (κ2) is 5.53. The molecule has 6 heteroatoms. The first-order valence-electron chi connectivity index (χ1n) is 8.26. The van der Waals surface area contributed by atoms with Crippen molar-refractivity contribution in [2.75, 3.05) is 7.05 Å². The average molecular weight is 315 g/mol. The largest absolute Gasteiger partial charge is 0.417 e. The summed E-state index contributed by atoms with van der Waals surface area (Å²) in [4.78, 5) is 29.1. The zero-order chi connectivity index (χ0) is 16.0. The summed E-state index contributed by atoms with van der Waals surface area (Å²) in [6.45, 7) is 0. The van der Waals surface area contributed by atoms with Crippen LogP contribution in [0.2, 0.25) is 0 Å². The Hall–Kier alpha value is -2.08. The lowest BCUT2D eigenvalue weighted by Crippen LogP contribution is -2.55. The van der Waals surface area contributed by atoms with Gasteiger partial charge in [-0.1, -0.05) is 12.5 Å². The summed E-state index contributed by atoms with van der Waals surface area (Å²) in [7, 11) is 2.20. The topological polar surface area (TPSA) is 78.3 Å². The Morgan fingerprint density at radius 1 is 1.30 bits per heavy atom. The summed E-state index contributed by atoms with van der Waals surface area (Å²) in [5.41, 5.74) is 1.36. The van der Waals surface area contributed by atoms with E-state index in [-0.39, 0.29) is 11.9 Å². The third kappa shape index (κ3) is 2.57. The van der Waals surface area contributed by atoms with E-state index >= 15 is 0 Å². The van der Waals surface area contributed by atoms with Gasteiger partial charge in [0.2, 0.25) is 0 Å². The molecule has 2 aromatic rings. The molecule has 1 aromatic heterocycles. The maximum Gasteiger partial charge on any atom is 0.417 e. The number of aromatic amines is 1. The molecule has 2 atom stereocenters. The predicted octanol–water partition coefficient (Wildman–Crippen LogP) is 1.87. The van der Waals surface area contributed by atoms with Gasteiger partial charge < -0.3 is 14.6 Å². The first kappa shape index (κ1) is 14.5. The molecular weight excluding hydrogens is 294 g/mol. The first-order chi connectivity index (χ1) is 11.1. The third-order valence-electron chi connectivity index (χ3n) is 5.38. The lowest BCUT2D eigenvalue weighted by Gasteiger charge is -2.47. The first-order valence-corrected chi connectivity index (χ1v) is 8.26. The molecule has 4 rings (SSSR count). The van der Waals surface area contributed by atoms with Crippen LogP contribution in [0.15, 0.2) is 27.4 Å². The minimum Gasteiger partial charge on any atom is -0.408 e. The molecule has 6 nitrogen and oxygen atoms in total. The van der Waals surface area contributed by atoms with Gasteiger partial charge in [-0.25, -0.2) is 4.79 Å². The van der Waals surface area contributed by atoms with Crippen LogP contribution >= 0.6 is 0 Å². The molecule has 0 aliphatic carbocycles. The van der Waals surface area contributed by atoms with Crippen molar-refractivity contribution in [1.29, 1.82) is 0 Å². The lowest BCUT2D eigenvalue weighted by molar-refractivity contribution is 0.0463. The minimum absolute atomic E-state index is 0.139. The highest BCUT2D eigenvalue weighted by Gasteiger charge is 2.36. The number of piperidine rings is 2. The Kier molecular flexibility index (Phi) is 3.49. The molecule has 0 radical (unpaired) electrons. The van der Waals surface area contributed by atoms with Gasteiger partial charge in [-0.3, -0.25) is 9.78 Å². The van der Waals surface area contributed by atoms with Crippen molar-refractivity contribution in [2.24, 2.45) is 0 Å². The third-order valence-corrected chi connectivity index (χ3v) is 5.38. The Morgan fingerprint density at radius 3 is 2.78 bits per heavy atom. The van der Waals surface area contributed by atoms with Crippen molar-refractivity contribution < 1.29 is 9.21 Å². The van der Waals surface area contributed by atoms with Gasteiger partial charge in [0.15, 0.2) is 5.58 Å². The number of nitrogens with one attached hydrogen (secondary N) is 2. The second-order valence-electron chi connectivity index (χ2n) is 6.74. The van der Waals surface area contributed by atoms with Crippen molar-refractivity contribution in [3.63, 3.8) is 0 Å². The number of amides is 1. The van der Waals surface area contributed by atoms with Gasteiger partial charge in [0.05, 0.1) is 11.1 Å². The Bertz CT molecular complexity index is 780. The molecule has 2 aliphatic heterocycles. The summed E-state index contributed by atoms with van der Waals surface area (Å²) in [6, 6.07) is 6.47. The van der Waals surface area contributed by atoms with E-state index in [1.807, 2.05) is 0 Å². The molecule has 2 aliphatic rings. The van der Waals surface area contributed by atoms with Crippen molar-refractivity contribution in [3.8, 4) is 0 Å². The fraction of sp³-hybridized carbons (Fsp3) is 0.529. The highest BCUT2D eigenvalue weighted by atomic mass is 16.4. The standard InChI is InChI=1S/C17H21N3O3/c1-20-11-4-2-5-12(20)9-10(8-11)18-16(21)13-6-3-7-14-15(13)19-17(22)23-14/h3,6-7,10-12H,2,4-5,8-9H2,1H3,(H,18,21)(H,19,22). The molecule has 3 heterocycles. The van der Waals surface area contributed by atoms with Gasteiger partial charge in [-0.05, 0) is 44.9 Å². The average Bonchev–Trinajstić information content (AvgIpc) is 2.88. The SMILES string of the molecule is CN1C2CCCC1CC(NC(=O)c1cccc3oc(=O)[nH]c13)C2. The molecule has 0 saturated carbocycles. The van der Waals surface area contributed by atoms with Gasteiger partial charge in [0, 0.05) is 18.1 Å². The summed E-state index contributed by atoms with van der Waals surface area (Å²) >= 11 is 0. The number of carbonyl (C=O) groups is 1. The zero-order valence-electron chi connectivity index (χ0n) is 13.2. The monoisotopic (exact) mass is 315 g/mol. The Labute approximate surface area is 133 Å². The van der Waals surface area contributed by atoms with E-state index in [0.717, 1.165) is 12.8 Å². The normalized spacial score (nSPS) is 28.0. The van der Waals surface area contributed by atoms with Gasteiger partial charge in [-0.15, -0.1) is 0 Å². The molecular formula is C17H21N3O3. The maximum absolute atomic E-state index is 12.6. The van der Waals surface area contributed by atoms with Gasteiger partial charge >= 0.3 is 5.76 Å². The fourth-order valence-corrected chi connectivity index (χ4v) is 4.16. The van der Waals surface area contributed by atoms with Crippen LogP contribution < -0.4 is 11.1 Å². The van der Waals surface area contributed by atoms with Crippen LogP contribution in [-0.2, 0) is 0 Å². The van der Waals surface area contributed by atoms with Gasteiger partial charge in [0.25, 0.3) is 5.91 Å². The molecule has 1 amide bonds. The molecule has 23 heavy (non-hydrogen) atoms. The predicted molar refractivity (Wildman–Crippen MR) is 86.5 cm³/mol. The fourth-order valence-electron chi connectivity index (χ4n) is 4.16. The molecule has 0 spiro atoms. The molecule has 1 aromatic carbocycles. The number of carbonyl (C=O) groups excluding carboxylic acids is 1. The van der Waals surface area contributed by atoms with Crippen LogP contribution in [-0.4, -0.2) is 41.0 Å². The van der Waals surface area contributed by atoms with E-state index in [9.17, 15) is 9.59 Å². The quantitative estimate of drug-likeness (QED) is 0.887. The Morgan fingerprint density at radius 2 is 2.04 bits per heavy atom. The van der Waals surface area contributed by atoms with Crippen LogP contribution in [0.3, 0.4) is 0 Å². The summed E-state index contributed by atoms with van der Waals surface area (Å²) in [5, 5.41) is 3.16. The van der Waals surface area contributed by atoms with E-state index in [1.54, 1.807) is 18.2 Å². The van der Waals surface area contributed by atoms with Gasteiger partial charge in [0.1, 0.15) is 0 Å². The van der Waals surface area contributed by atoms with E-state index in [2.05, 4.69) is 22.2 Å². The number of nitrogens with zero attached hydrogens (tertiary/aromatic N) is 1. The Balaban J connectivity index is 1.54. The highest BCUT2D eigenvalue weighted by Crippen LogP contribution is 2.32. The van der Waals surface area contributed by atoms with E-state index < -0.39 is 5.76 Å². The highest BCUT2D eigenvalue weighted by molar-refractivity contribution is 6.04. The van der Waals surface area contributed by atoms with Crippen LogP contribution in [0.5, 0.6) is 0 Å². The van der Waals surface area contributed by atoms with Crippen molar-refractivity contribution in [2.45, 2.75) is 50.2 Å². The molecule has 122 valence electrons. The number of hydrogen-bond acceptors (Lipinski definition) is 4. The van der Waals surface area contributed by atoms with Crippen molar-refractivity contribution in [1.82, 2.24) is 15.2 Å². The molecule has 2 fully saturated rings. The lowest BCUT2D eigenvalue weighted by atomic mass is 9.82. The van der Waals surface area contributed by atoms with Crippen LogP contribution in [0.1, 0.15) is 42.5 Å². The zero-order valence-corrected chi connectivity index (χ0v) is 13.2. The molecule has 2 saturated heterocycles. The molecule has 2 bridgehead atoms. The van der Waals surface area contributed by atoms with Crippen LogP contribution in [0.4, 0.5) is 0 Å². The van der Waals surface area contributed by atoms with E-state index in [4.69, 9.17) is 4.42 Å². The number of H-pyrrole nitrogens is 1.